The molecule has 0 unspecified atom stereocenters. The minimum atomic E-state index is -0.888. The molecule has 1 amide bonds. The number of nitrogens with zero attached hydrogens (tertiary/aromatic N) is 1. The summed E-state index contributed by atoms with van der Waals surface area (Å²) in [7, 11) is 3.13. The van der Waals surface area contributed by atoms with Crippen LogP contribution >= 0.6 is 11.3 Å². The van der Waals surface area contributed by atoms with E-state index in [1.807, 2.05) is 12.1 Å². The van der Waals surface area contributed by atoms with Crippen LogP contribution in [0, 0.1) is 12.3 Å². The number of aliphatic carboxylic acids is 1. The number of carboxylic acid groups (broad SMARTS) is 1. The van der Waals surface area contributed by atoms with Crippen molar-refractivity contribution < 1.29 is 24.2 Å². The van der Waals surface area contributed by atoms with Crippen LogP contribution in [0.5, 0.6) is 11.5 Å². The number of carbonyl (C=O) groups is 2. The zero-order valence-electron chi connectivity index (χ0n) is 16.1. The molecule has 0 atom stereocenters. The number of carboxylic acids is 1. The third-order valence-corrected chi connectivity index (χ3v) is 5.45. The van der Waals surface area contributed by atoms with Gasteiger partial charge in [0, 0.05) is 12.1 Å². The molecule has 0 aliphatic carbocycles. The maximum atomic E-state index is 12.5. The number of hydrogen-bond donors (Lipinski definition) is 2. The molecule has 1 heterocycles. The Morgan fingerprint density at radius 2 is 1.89 bits per heavy atom. The SMILES string of the molecule is COc1ccc(-c2nc(C)c(C(=O)NCCC(C)(C)C(=O)O)s2)cc1OC. The Morgan fingerprint density at radius 1 is 1.22 bits per heavy atom. The highest BCUT2D eigenvalue weighted by Crippen LogP contribution is 2.35. The van der Waals surface area contributed by atoms with Crippen molar-refractivity contribution in [3.8, 4) is 22.1 Å². The average molecular weight is 392 g/mol. The van der Waals surface area contributed by atoms with Crippen LogP contribution in [0.15, 0.2) is 18.2 Å². The molecule has 8 heteroatoms. The maximum Gasteiger partial charge on any atom is 0.309 e. The number of benzene rings is 1. The fraction of sp³-hybridized carbons (Fsp3) is 0.421. The van der Waals surface area contributed by atoms with E-state index in [2.05, 4.69) is 10.3 Å². The van der Waals surface area contributed by atoms with Crippen LogP contribution in [0.1, 0.15) is 35.6 Å². The zero-order chi connectivity index (χ0) is 20.2. The molecule has 2 aromatic rings. The zero-order valence-corrected chi connectivity index (χ0v) is 16.9. The Bertz CT molecular complexity index is 845. The lowest BCUT2D eigenvalue weighted by atomic mass is 9.90. The van der Waals surface area contributed by atoms with Gasteiger partial charge in [0.2, 0.25) is 0 Å². The average Bonchev–Trinajstić information content (AvgIpc) is 3.02. The molecule has 0 saturated carbocycles. The van der Waals surface area contributed by atoms with Crippen LogP contribution < -0.4 is 14.8 Å². The van der Waals surface area contributed by atoms with Crippen LogP contribution in [-0.4, -0.2) is 42.7 Å². The fourth-order valence-electron chi connectivity index (χ4n) is 2.38. The van der Waals surface area contributed by atoms with Gasteiger partial charge in [0.25, 0.3) is 5.91 Å². The molecule has 146 valence electrons. The van der Waals surface area contributed by atoms with Crippen molar-refractivity contribution in [2.45, 2.75) is 27.2 Å². The summed E-state index contributed by atoms with van der Waals surface area (Å²) in [5.41, 5.74) is 0.562. The van der Waals surface area contributed by atoms with E-state index in [-0.39, 0.29) is 12.5 Å². The van der Waals surface area contributed by atoms with Crippen molar-refractivity contribution in [1.82, 2.24) is 10.3 Å². The Kier molecular flexibility index (Phi) is 6.43. The highest BCUT2D eigenvalue weighted by molar-refractivity contribution is 7.17. The molecule has 0 aliphatic heterocycles. The highest BCUT2D eigenvalue weighted by Gasteiger charge is 2.27. The van der Waals surface area contributed by atoms with Crippen molar-refractivity contribution in [3.63, 3.8) is 0 Å². The summed E-state index contributed by atoms with van der Waals surface area (Å²) in [6, 6.07) is 5.46. The minimum absolute atomic E-state index is 0.252. The fourth-order valence-corrected chi connectivity index (χ4v) is 3.35. The van der Waals surface area contributed by atoms with Gasteiger partial charge in [-0.3, -0.25) is 9.59 Å². The number of amides is 1. The second-order valence-electron chi connectivity index (χ2n) is 6.70. The van der Waals surface area contributed by atoms with Crippen molar-refractivity contribution in [1.29, 1.82) is 0 Å². The smallest absolute Gasteiger partial charge is 0.309 e. The number of aryl methyl sites for hydroxylation is 1. The molecule has 0 saturated heterocycles. The quantitative estimate of drug-likeness (QED) is 0.715. The predicted molar refractivity (Wildman–Crippen MR) is 104 cm³/mol. The lowest BCUT2D eigenvalue weighted by Gasteiger charge is -2.18. The first-order chi connectivity index (χ1) is 12.7. The monoisotopic (exact) mass is 392 g/mol. The van der Waals surface area contributed by atoms with E-state index < -0.39 is 11.4 Å². The number of nitrogens with one attached hydrogen (secondary N) is 1. The summed E-state index contributed by atoms with van der Waals surface area (Å²) in [5.74, 6) is 0.0673. The first-order valence-electron chi connectivity index (χ1n) is 8.41. The summed E-state index contributed by atoms with van der Waals surface area (Å²) in [6.45, 7) is 5.32. The predicted octanol–water partition coefficient (Wildman–Crippen LogP) is 3.37. The number of methoxy groups -OCH3 is 2. The molecule has 0 bridgehead atoms. The van der Waals surface area contributed by atoms with Gasteiger partial charge >= 0.3 is 5.97 Å². The van der Waals surface area contributed by atoms with E-state index in [1.165, 1.54) is 11.3 Å². The molecule has 0 fully saturated rings. The lowest BCUT2D eigenvalue weighted by molar-refractivity contribution is -0.147. The molecule has 27 heavy (non-hydrogen) atoms. The van der Waals surface area contributed by atoms with E-state index in [9.17, 15) is 9.59 Å². The Labute approximate surface area is 162 Å². The van der Waals surface area contributed by atoms with Gasteiger partial charge in [-0.15, -0.1) is 11.3 Å². The number of ether oxygens (including phenoxy) is 2. The van der Waals surface area contributed by atoms with Gasteiger partial charge in [-0.05, 0) is 45.4 Å². The second-order valence-corrected chi connectivity index (χ2v) is 7.70. The Morgan fingerprint density at radius 3 is 2.48 bits per heavy atom. The summed E-state index contributed by atoms with van der Waals surface area (Å²) in [4.78, 5) is 28.6. The van der Waals surface area contributed by atoms with Gasteiger partial charge in [-0.1, -0.05) is 0 Å². The van der Waals surface area contributed by atoms with Gasteiger partial charge < -0.3 is 19.9 Å². The first kappa shape index (κ1) is 20.7. The lowest BCUT2D eigenvalue weighted by Crippen LogP contribution is -2.31. The highest BCUT2D eigenvalue weighted by atomic mass is 32.1. The largest absolute Gasteiger partial charge is 0.493 e. The van der Waals surface area contributed by atoms with E-state index in [0.29, 0.717) is 33.5 Å². The molecule has 2 rings (SSSR count). The third kappa shape index (κ3) is 4.77. The van der Waals surface area contributed by atoms with Crippen molar-refractivity contribution in [2.75, 3.05) is 20.8 Å². The molecule has 0 spiro atoms. The minimum Gasteiger partial charge on any atom is -0.493 e. The van der Waals surface area contributed by atoms with E-state index in [0.717, 1.165) is 5.56 Å². The maximum absolute atomic E-state index is 12.5. The van der Waals surface area contributed by atoms with Gasteiger partial charge in [0.05, 0.1) is 25.3 Å². The topological polar surface area (TPSA) is 97.8 Å². The number of carbonyl (C=O) groups excluding carboxylic acids is 1. The Hall–Kier alpha value is -2.61. The normalized spacial score (nSPS) is 11.1. The van der Waals surface area contributed by atoms with E-state index in [4.69, 9.17) is 14.6 Å². The first-order valence-corrected chi connectivity index (χ1v) is 9.22. The number of hydrogen-bond acceptors (Lipinski definition) is 6. The number of thiazole rings is 1. The Balaban J connectivity index is 2.14. The second kappa shape index (κ2) is 8.39. The van der Waals surface area contributed by atoms with Crippen LogP contribution in [0.25, 0.3) is 10.6 Å². The van der Waals surface area contributed by atoms with Crippen LogP contribution in [0.2, 0.25) is 0 Å². The van der Waals surface area contributed by atoms with Crippen LogP contribution in [0.3, 0.4) is 0 Å². The van der Waals surface area contributed by atoms with E-state index >= 15 is 0 Å². The molecular formula is C19H24N2O5S. The summed E-state index contributed by atoms with van der Waals surface area (Å²) < 4.78 is 10.5. The standard InChI is InChI=1S/C19H24N2O5S/c1-11-15(16(22)20-9-8-19(2,3)18(23)24)27-17(21-11)12-6-7-13(25-4)14(10-12)26-5/h6-7,10H,8-9H2,1-5H3,(H,20,22)(H,23,24). The molecule has 7 nitrogen and oxygen atoms in total. The van der Waals surface area contributed by atoms with Gasteiger partial charge in [-0.2, -0.15) is 0 Å². The van der Waals surface area contributed by atoms with Crippen molar-refractivity contribution in [3.05, 3.63) is 28.8 Å². The van der Waals surface area contributed by atoms with Crippen LogP contribution in [-0.2, 0) is 4.79 Å². The van der Waals surface area contributed by atoms with E-state index in [1.54, 1.807) is 41.1 Å². The van der Waals surface area contributed by atoms with Gasteiger partial charge in [-0.25, -0.2) is 4.98 Å². The molecule has 2 N–H and O–H groups in total. The van der Waals surface area contributed by atoms with Gasteiger partial charge in [0.15, 0.2) is 11.5 Å². The molecule has 0 aliphatic rings. The summed E-state index contributed by atoms with van der Waals surface area (Å²) in [6.07, 6.45) is 0.342. The number of aromatic nitrogens is 1. The van der Waals surface area contributed by atoms with Crippen LogP contribution in [0.4, 0.5) is 0 Å². The van der Waals surface area contributed by atoms with Crippen molar-refractivity contribution >= 4 is 23.2 Å². The summed E-state index contributed by atoms with van der Waals surface area (Å²) in [5, 5.41) is 12.6. The third-order valence-electron chi connectivity index (χ3n) is 4.25. The van der Waals surface area contributed by atoms with Gasteiger partial charge in [0.1, 0.15) is 9.88 Å². The van der Waals surface area contributed by atoms with Crippen molar-refractivity contribution in [2.24, 2.45) is 5.41 Å². The molecule has 1 aromatic carbocycles. The molecule has 0 radical (unpaired) electrons. The molecular weight excluding hydrogens is 368 g/mol. The molecule has 1 aromatic heterocycles. The number of rotatable bonds is 8. The summed E-state index contributed by atoms with van der Waals surface area (Å²) >= 11 is 1.28.